The zero-order valence-corrected chi connectivity index (χ0v) is 19.8. The van der Waals surface area contributed by atoms with Crippen LogP contribution in [0.1, 0.15) is 34.6 Å². The second-order valence-electron chi connectivity index (χ2n) is 9.72. The molecule has 1 aliphatic heterocycles. The minimum absolute atomic E-state index is 0.0643. The quantitative estimate of drug-likeness (QED) is 0.543. The number of carbonyl (C=O) groups is 2. The molecular formula is C26H30N4O3. The van der Waals surface area contributed by atoms with Crippen LogP contribution in [0.5, 0.6) is 5.75 Å². The number of nitrogens with zero attached hydrogens (tertiary/aromatic N) is 4. The summed E-state index contributed by atoms with van der Waals surface area (Å²) in [7, 11) is 0. The highest BCUT2D eigenvalue weighted by Crippen LogP contribution is 2.39. The first-order valence-electron chi connectivity index (χ1n) is 11.1. The van der Waals surface area contributed by atoms with E-state index < -0.39 is 6.09 Å². The molecule has 0 N–H and O–H groups in total. The van der Waals surface area contributed by atoms with Gasteiger partial charge in [-0.1, -0.05) is 45.0 Å². The van der Waals surface area contributed by atoms with Gasteiger partial charge < -0.3 is 9.64 Å². The summed E-state index contributed by atoms with van der Waals surface area (Å²) in [5.74, 6) is 0.413. The van der Waals surface area contributed by atoms with Crippen LogP contribution in [0.25, 0.3) is 11.1 Å². The zero-order valence-electron chi connectivity index (χ0n) is 19.8. The average Bonchev–Trinajstić information content (AvgIpc) is 3.20. The van der Waals surface area contributed by atoms with E-state index in [1.807, 2.05) is 60.4 Å². The molecule has 0 saturated heterocycles. The summed E-state index contributed by atoms with van der Waals surface area (Å²) in [6, 6.07) is 14.6. The molecule has 1 atom stereocenters. The van der Waals surface area contributed by atoms with Crippen LogP contribution < -0.4 is 14.5 Å². The van der Waals surface area contributed by atoms with E-state index in [2.05, 4.69) is 25.9 Å². The fraction of sp³-hybridized carbons (Fsp3) is 0.346. The molecule has 0 saturated carbocycles. The molecule has 2 amide bonds. The Labute approximate surface area is 194 Å². The summed E-state index contributed by atoms with van der Waals surface area (Å²) in [4.78, 5) is 28.9. The molecule has 0 unspecified atom stereocenters. The molecule has 2 aromatic carbocycles. The molecule has 33 heavy (non-hydrogen) atoms. The van der Waals surface area contributed by atoms with E-state index in [9.17, 15) is 9.59 Å². The van der Waals surface area contributed by atoms with Crippen LogP contribution in [0.15, 0.2) is 60.9 Å². The smallest absolute Gasteiger partial charge is 0.410 e. The Morgan fingerprint density at radius 2 is 1.79 bits per heavy atom. The van der Waals surface area contributed by atoms with Crippen LogP contribution in [0.2, 0.25) is 0 Å². The molecule has 0 fully saturated rings. The lowest BCUT2D eigenvalue weighted by atomic mass is 9.97. The lowest BCUT2D eigenvalue weighted by molar-refractivity contribution is -0.117. The van der Waals surface area contributed by atoms with Gasteiger partial charge in [0.25, 0.3) is 0 Å². The number of rotatable bonds is 3. The van der Waals surface area contributed by atoms with Crippen LogP contribution >= 0.6 is 0 Å². The van der Waals surface area contributed by atoms with E-state index in [1.165, 1.54) is 0 Å². The maximum Gasteiger partial charge on any atom is 0.419 e. The molecule has 2 heterocycles. The maximum absolute atomic E-state index is 13.1. The zero-order chi connectivity index (χ0) is 23.8. The van der Waals surface area contributed by atoms with Crippen LogP contribution in [-0.4, -0.2) is 34.4 Å². The van der Waals surface area contributed by atoms with Gasteiger partial charge in [0.15, 0.2) is 0 Å². The molecular weight excluding hydrogens is 416 g/mol. The highest BCUT2D eigenvalue weighted by molar-refractivity contribution is 6.03. The second kappa shape index (κ2) is 8.73. The van der Waals surface area contributed by atoms with E-state index >= 15 is 0 Å². The number of hydrogen-bond donors (Lipinski definition) is 0. The number of carbonyl (C=O) groups excluding carboxylic acids is 2. The fourth-order valence-corrected chi connectivity index (χ4v) is 4.19. The lowest BCUT2D eigenvalue weighted by Crippen LogP contribution is -2.52. The summed E-state index contributed by atoms with van der Waals surface area (Å²) < 4.78 is 7.56. The van der Waals surface area contributed by atoms with Gasteiger partial charge in [0, 0.05) is 31.8 Å². The molecule has 7 nitrogen and oxygen atoms in total. The van der Waals surface area contributed by atoms with Crippen LogP contribution in [0, 0.1) is 5.41 Å². The third kappa shape index (κ3) is 4.92. The molecule has 0 spiro atoms. The van der Waals surface area contributed by atoms with Crippen molar-refractivity contribution in [2.75, 3.05) is 16.3 Å². The molecule has 7 heteroatoms. The number of para-hydroxylation sites is 1. The molecule has 0 bridgehead atoms. The molecule has 3 aromatic rings. The summed E-state index contributed by atoms with van der Waals surface area (Å²) in [5, 5.41) is 4.50. The lowest BCUT2D eigenvalue weighted by Gasteiger charge is -2.40. The minimum atomic E-state index is -0.474. The van der Waals surface area contributed by atoms with Crippen molar-refractivity contribution in [3.8, 4) is 16.9 Å². The number of anilines is 2. The summed E-state index contributed by atoms with van der Waals surface area (Å²) in [6.07, 6.45) is 3.36. The number of amides is 2. The fourth-order valence-electron chi connectivity index (χ4n) is 4.19. The van der Waals surface area contributed by atoms with Gasteiger partial charge in [-0.25, -0.2) is 4.79 Å². The maximum atomic E-state index is 13.1. The predicted molar refractivity (Wildman–Crippen MR) is 130 cm³/mol. The summed E-state index contributed by atoms with van der Waals surface area (Å²) >= 11 is 0. The SMILES string of the molecule is CC(=O)N1c2ccc(-c3cnn(CC(C)(C)C)c3)cc2N(C(=O)Oc2ccccc2)C[C@@H]1C. The van der Waals surface area contributed by atoms with Crippen molar-refractivity contribution in [2.24, 2.45) is 5.41 Å². The number of benzene rings is 2. The van der Waals surface area contributed by atoms with Crippen LogP contribution in [0.4, 0.5) is 16.2 Å². The highest BCUT2D eigenvalue weighted by atomic mass is 16.6. The van der Waals surface area contributed by atoms with Crippen molar-refractivity contribution >= 4 is 23.4 Å². The normalized spacial score (nSPS) is 15.8. The van der Waals surface area contributed by atoms with Crippen LogP contribution in [-0.2, 0) is 11.3 Å². The second-order valence-corrected chi connectivity index (χ2v) is 9.72. The first kappa shape index (κ1) is 22.6. The van der Waals surface area contributed by atoms with Crippen molar-refractivity contribution in [3.63, 3.8) is 0 Å². The Morgan fingerprint density at radius 3 is 2.45 bits per heavy atom. The summed E-state index contributed by atoms with van der Waals surface area (Å²) in [5.41, 5.74) is 3.31. The Kier molecular flexibility index (Phi) is 5.97. The van der Waals surface area contributed by atoms with E-state index in [-0.39, 0.29) is 17.4 Å². The number of ether oxygens (including phenoxy) is 1. The van der Waals surface area contributed by atoms with Crippen molar-refractivity contribution < 1.29 is 14.3 Å². The first-order valence-corrected chi connectivity index (χ1v) is 11.1. The Bertz CT molecular complexity index is 1160. The van der Waals surface area contributed by atoms with Gasteiger partial charge in [0.1, 0.15) is 5.75 Å². The third-order valence-electron chi connectivity index (χ3n) is 5.52. The van der Waals surface area contributed by atoms with E-state index in [1.54, 1.807) is 28.9 Å². The molecule has 4 rings (SSSR count). The Balaban J connectivity index is 1.71. The van der Waals surface area contributed by atoms with Gasteiger partial charge in [0.2, 0.25) is 5.91 Å². The van der Waals surface area contributed by atoms with Gasteiger partial charge in [-0.3, -0.25) is 14.4 Å². The molecule has 1 aliphatic rings. The number of fused-ring (bicyclic) bond motifs is 1. The van der Waals surface area contributed by atoms with Gasteiger partial charge in [-0.05, 0) is 42.2 Å². The topological polar surface area (TPSA) is 67.7 Å². The van der Waals surface area contributed by atoms with Crippen molar-refractivity contribution in [1.82, 2.24) is 9.78 Å². The predicted octanol–water partition coefficient (Wildman–Crippen LogP) is 5.36. The molecule has 1 aromatic heterocycles. The van der Waals surface area contributed by atoms with E-state index in [4.69, 9.17) is 4.74 Å². The van der Waals surface area contributed by atoms with Crippen LogP contribution in [0.3, 0.4) is 0 Å². The minimum Gasteiger partial charge on any atom is -0.410 e. The largest absolute Gasteiger partial charge is 0.419 e. The molecule has 0 aliphatic carbocycles. The highest BCUT2D eigenvalue weighted by Gasteiger charge is 2.35. The number of aromatic nitrogens is 2. The Morgan fingerprint density at radius 1 is 1.06 bits per heavy atom. The van der Waals surface area contributed by atoms with E-state index in [0.717, 1.165) is 17.7 Å². The molecule has 172 valence electrons. The molecule has 0 radical (unpaired) electrons. The van der Waals surface area contributed by atoms with E-state index in [0.29, 0.717) is 23.7 Å². The van der Waals surface area contributed by atoms with Crippen molar-refractivity contribution in [1.29, 1.82) is 0 Å². The monoisotopic (exact) mass is 446 g/mol. The third-order valence-corrected chi connectivity index (χ3v) is 5.52. The standard InChI is InChI=1S/C26H30N4O3/c1-18-15-29(25(32)33-22-9-7-6-8-10-22)24-13-20(11-12-23(24)30(18)19(2)31)21-14-27-28(16-21)17-26(3,4)5/h6-14,16,18H,15,17H2,1-5H3/t18-/m0/s1. The van der Waals surface area contributed by atoms with Crippen molar-refractivity contribution in [2.45, 2.75) is 47.2 Å². The average molecular weight is 447 g/mol. The Hall–Kier alpha value is -3.61. The van der Waals surface area contributed by atoms with Crippen molar-refractivity contribution in [3.05, 3.63) is 60.9 Å². The first-order chi connectivity index (χ1) is 15.6. The number of hydrogen-bond acceptors (Lipinski definition) is 4. The van der Waals surface area contributed by atoms with Gasteiger partial charge in [0.05, 0.1) is 23.6 Å². The van der Waals surface area contributed by atoms with Gasteiger partial charge in [-0.15, -0.1) is 0 Å². The van der Waals surface area contributed by atoms with Gasteiger partial charge >= 0.3 is 6.09 Å². The van der Waals surface area contributed by atoms with Gasteiger partial charge in [-0.2, -0.15) is 5.10 Å². The summed E-state index contributed by atoms with van der Waals surface area (Å²) in [6.45, 7) is 11.1.